The minimum absolute atomic E-state index is 0.0922. The van der Waals surface area contributed by atoms with E-state index in [0.29, 0.717) is 55.2 Å². The SMILES string of the molecule is Cc1cc(N)c(F)c(C2OCc3c(nc(OC[C@@]45CCCN4C[C@H](F)C5)nc3N3CC4CCC(C3)N4)C2C)c1C(F)(F)F. The molecule has 43 heavy (non-hydrogen) atoms. The number of piperazine rings is 1. The summed E-state index contributed by atoms with van der Waals surface area (Å²) in [6.45, 7) is 5.69. The lowest BCUT2D eigenvalue weighted by atomic mass is 9.85. The molecule has 1 aromatic carbocycles. The first kappa shape index (κ1) is 29.0. The standard InChI is InChI=1S/C30H37F5N6O2/c1-15-8-21(36)24(32)22(23(15)30(33,34)35)26-16(2)25-20(13-42-26)27(40-11-18-4-5-19(12-40)37-18)39-28(38-25)43-14-29-6-3-7-41(29)10-17(31)9-29/h8,16-19,26,37H,3-7,9-14,36H2,1-2H3/t16?,17-,18?,19?,26?,29+/m1/s1. The fourth-order valence-electron chi connectivity index (χ4n) is 8.21. The van der Waals surface area contributed by atoms with E-state index in [0.717, 1.165) is 38.3 Å². The summed E-state index contributed by atoms with van der Waals surface area (Å²) in [5.74, 6) is -1.28. The monoisotopic (exact) mass is 608 g/mol. The number of alkyl halides is 4. The lowest BCUT2D eigenvalue weighted by Crippen LogP contribution is -2.52. The predicted octanol–water partition coefficient (Wildman–Crippen LogP) is 4.80. The third-order valence-corrected chi connectivity index (χ3v) is 10.1. The molecule has 0 radical (unpaired) electrons. The zero-order chi connectivity index (χ0) is 30.3. The van der Waals surface area contributed by atoms with Gasteiger partial charge in [-0.3, -0.25) is 4.90 Å². The van der Waals surface area contributed by atoms with Crippen molar-refractivity contribution in [1.29, 1.82) is 0 Å². The van der Waals surface area contributed by atoms with Crippen LogP contribution < -0.4 is 20.7 Å². The number of hydrogen-bond donors (Lipinski definition) is 2. The fourth-order valence-corrected chi connectivity index (χ4v) is 8.21. The molecule has 0 aliphatic carbocycles. The maximum absolute atomic E-state index is 15.5. The molecule has 7 rings (SSSR count). The molecule has 4 fully saturated rings. The summed E-state index contributed by atoms with van der Waals surface area (Å²) in [7, 11) is 0. The van der Waals surface area contributed by atoms with Gasteiger partial charge in [-0.25, -0.2) is 8.78 Å². The van der Waals surface area contributed by atoms with Gasteiger partial charge in [0.2, 0.25) is 0 Å². The van der Waals surface area contributed by atoms with Gasteiger partial charge >= 0.3 is 12.2 Å². The molecule has 8 nitrogen and oxygen atoms in total. The van der Waals surface area contributed by atoms with E-state index in [2.05, 4.69) is 15.1 Å². The van der Waals surface area contributed by atoms with E-state index in [1.807, 2.05) is 0 Å². The highest BCUT2D eigenvalue weighted by Crippen LogP contribution is 2.49. The number of halogens is 5. The molecule has 13 heteroatoms. The number of nitrogen functional groups attached to an aromatic ring is 1. The van der Waals surface area contributed by atoms with Crippen LogP contribution in [0.1, 0.15) is 79.0 Å². The van der Waals surface area contributed by atoms with Crippen molar-refractivity contribution in [3.8, 4) is 6.01 Å². The fraction of sp³-hybridized carbons (Fsp3) is 0.667. The number of benzene rings is 1. The summed E-state index contributed by atoms with van der Waals surface area (Å²) in [6.07, 6.45) is -2.78. The Hall–Kier alpha value is -2.77. The number of ether oxygens (including phenoxy) is 2. The third kappa shape index (κ3) is 4.91. The molecule has 234 valence electrons. The second-order valence-corrected chi connectivity index (χ2v) is 13.0. The summed E-state index contributed by atoms with van der Waals surface area (Å²) >= 11 is 0. The summed E-state index contributed by atoms with van der Waals surface area (Å²) in [5.41, 5.74) is 4.31. The lowest BCUT2D eigenvalue weighted by molar-refractivity contribution is -0.140. The lowest BCUT2D eigenvalue weighted by Gasteiger charge is -2.38. The molecule has 4 saturated heterocycles. The van der Waals surface area contributed by atoms with Crippen molar-refractivity contribution in [2.75, 3.05) is 43.4 Å². The Morgan fingerprint density at radius 3 is 2.65 bits per heavy atom. The molecule has 0 spiro atoms. The van der Waals surface area contributed by atoms with E-state index in [-0.39, 0.29) is 30.5 Å². The van der Waals surface area contributed by atoms with E-state index < -0.39 is 46.9 Å². The summed E-state index contributed by atoms with van der Waals surface area (Å²) in [6, 6.07) is 1.70. The van der Waals surface area contributed by atoms with Crippen LogP contribution in [0.25, 0.3) is 0 Å². The first-order chi connectivity index (χ1) is 20.4. The van der Waals surface area contributed by atoms with Crippen LogP contribution in [0.5, 0.6) is 6.01 Å². The first-order valence-electron chi connectivity index (χ1n) is 15.1. The smallest absolute Gasteiger partial charge is 0.417 e. The Bertz CT molecular complexity index is 1410. The van der Waals surface area contributed by atoms with Crippen molar-refractivity contribution < 1.29 is 31.4 Å². The number of nitrogens with one attached hydrogen (secondary N) is 1. The van der Waals surface area contributed by atoms with Crippen molar-refractivity contribution in [3.05, 3.63) is 39.8 Å². The molecule has 3 N–H and O–H groups in total. The second kappa shape index (κ2) is 10.4. The van der Waals surface area contributed by atoms with Crippen LogP contribution in [0.4, 0.5) is 33.5 Å². The Balaban J connectivity index is 1.28. The number of fused-ring (bicyclic) bond motifs is 4. The van der Waals surface area contributed by atoms with Crippen molar-refractivity contribution in [2.24, 2.45) is 0 Å². The van der Waals surface area contributed by atoms with Gasteiger partial charge in [-0.2, -0.15) is 23.1 Å². The number of aromatic nitrogens is 2. The van der Waals surface area contributed by atoms with Crippen LogP contribution in [0, 0.1) is 12.7 Å². The van der Waals surface area contributed by atoms with Crippen LogP contribution >= 0.6 is 0 Å². The number of aryl methyl sites for hydroxylation is 1. The normalized spacial score (nSPS) is 32.3. The van der Waals surface area contributed by atoms with Gasteiger partial charge in [0.05, 0.1) is 35.2 Å². The average Bonchev–Trinajstić information content (AvgIpc) is 3.59. The summed E-state index contributed by atoms with van der Waals surface area (Å²) in [5, 5.41) is 3.60. The van der Waals surface area contributed by atoms with Crippen LogP contribution in [-0.4, -0.2) is 71.4 Å². The Morgan fingerprint density at radius 1 is 1.19 bits per heavy atom. The number of anilines is 2. The van der Waals surface area contributed by atoms with E-state index in [4.69, 9.17) is 25.2 Å². The van der Waals surface area contributed by atoms with Crippen LogP contribution in [0.2, 0.25) is 0 Å². The third-order valence-electron chi connectivity index (χ3n) is 10.1. The molecule has 6 heterocycles. The summed E-state index contributed by atoms with van der Waals surface area (Å²) in [4.78, 5) is 13.9. The average molecular weight is 609 g/mol. The highest BCUT2D eigenvalue weighted by molar-refractivity contribution is 5.56. The molecule has 5 aliphatic rings. The number of hydrogen-bond acceptors (Lipinski definition) is 8. The van der Waals surface area contributed by atoms with Crippen molar-refractivity contribution in [3.63, 3.8) is 0 Å². The topological polar surface area (TPSA) is 88.8 Å². The molecular weight excluding hydrogens is 571 g/mol. The van der Waals surface area contributed by atoms with Gasteiger partial charge in [-0.1, -0.05) is 6.92 Å². The first-order valence-corrected chi connectivity index (χ1v) is 15.1. The van der Waals surface area contributed by atoms with Crippen molar-refractivity contribution in [1.82, 2.24) is 20.2 Å². The van der Waals surface area contributed by atoms with Gasteiger partial charge in [0, 0.05) is 55.2 Å². The molecule has 6 atom stereocenters. The quantitative estimate of drug-likeness (QED) is 0.370. The van der Waals surface area contributed by atoms with E-state index in [1.54, 1.807) is 6.92 Å². The van der Waals surface area contributed by atoms with Crippen molar-refractivity contribution >= 4 is 11.5 Å². The molecule has 2 aromatic rings. The Morgan fingerprint density at radius 2 is 1.93 bits per heavy atom. The largest absolute Gasteiger partial charge is 0.461 e. The molecule has 5 aliphatic heterocycles. The number of nitrogens with two attached hydrogens (primary N) is 1. The summed E-state index contributed by atoms with van der Waals surface area (Å²) < 4.78 is 85.1. The van der Waals surface area contributed by atoms with E-state index in [1.165, 1.54) is 6.92 Å². The minimum Gasteiger partial charge on any atom is -0.461 e. The predicted molar refractivity (Wildman–Crippen MR) is 149 cm³/mol. The molecule has 0 saturated carbocycles. The Kier molecular flexibility index (Phi) is 7.01. The maximum Gasteiger partial charge on any atom is 0.417 e. The number of rotatable bonds is 5. The zero-order valence-electron chi connectivity index (χ0n) is 24.3. The highest BCUT2D eigenvalue weighted by Gasteiger charge is 2.50. The minimum atomic E-state index is -4.81. The molecule has 1 aromatic heterocycles. The van der Waals surface area contributed by atoms with E-state index >= 15 is 4.39 Å². The molecule has 4 unspecified atom stereocenters. The molecule has 2 bridgehead atoms. The number of nitrogens with zero attached hydrogens (tertiary/aromatic N) is 4. The van der Waals surface area contributed by atoms with Gasteiger partial charge in [-0.15, -0.1) is 0 Å². The molecular formula is C30H37F5N6O2. The van der Waals surface area contributed by atoms with Crippen LogP contribution in [0.15, 0.2) is 6.07 Å². The van der Waals surface area contributed by atoms with E-state index in [9.17, 15) is 17.6 Å². The van der Waals surface area contributed by atoms with Gasteiger partial charge < -0.3 is 25.4 Å². The van der Waals surface area contributed by atoms with Gasteiger partial charge in [0.15, 0.2) is 5.82 Å². The van der Waals surface area contributed by atoms with Crippen LogP contribution in [0.3, 0.4) is 0 Å². The van der Waals surface area contributed by atoms with Gasteiger partial charge in [0.1, 0.15) is 18.6 Å². The maximum atomic E-state index is 15.5. The molecule has 0 amide bonds. The zero-order valence-corrected chi connectivity index (χ0v) is 24.3. The van der Waals surface area contributed by atoms with Gasteiger partial charge in [0.25, 0.3) is 0 Å². The van der Waals surface area contributed by atoms with Crippen LogP contribution in [-0.2, 0) is 17.5 Å². The van der Waals surface area contributed by atoms with Gasteiger partial charge in [-0.05, 0) is 50.8 Å². The highest BCUT2D eigenvalue weighted by atomic mass is 19.4. The second-order valence-electron chi connectivity index (χ2n) is 13.0. The Labute approximate surface area is 247 Å². The van der Waals surface area contributed by atoms with Crippen molar-refractivity contribution in [2.45, 2.75) is 94.6 Å².